The van der Waals surface area contributed by atoms with Crippen molar-refractivity contribution in [1.29, 1.82) is 0 Å². The van der Waals surface area contributed by atoms with Gasteiger partial charge in [-0.25, -0.2) is 0 Å². The first-order valence-corrected chi connectivity index (χ1v) is 26.3. The van der Waals surface area contributed by atoms with Crippen molar-refractivity contribution in [2.24, 2.45) is 29.6 Å². The first-order chi connectivity index (χ1) is 26.0. The predicted molar refractivity (Wildman–Crippen MR) is 234 cm³/mol. The third-order valence-electron chi connectivity index (χ3n) is 13.3. The highest BCUT2D eigenvalue weighted by atomic mass is 28.4. The molecule has 2 saturated carbocycles. The van der Waals surface area contributed by atoms with Gasteiger partial charge in [0.25, 0.3) is 0 Å². The number of allylic oxidation sites excluding steroid dienone is 2. The van der Waals surface area contributed by atoms with Gasteiger partial charge >= 0.3 is 0 Å². The van der Waals surface area contributed by atoms with Gasteiger partial charge in [-0.3, -0.25) is 9.59 Å². The van der Waals surface area contributed by atoms with E-state index in [1.807, 2.05) is 13.8 Å². The second-order valence-corrected chi connectivity index (χ2v) is 24.2. The number of carbonyl (C=O) groups excluding carboxylic acids is 2. The zero-order valence-electron chi connectivity index (χ0n) is 38.2. The number of hydrogen-bond donors (Lipinski definition) is 0. The van der Waals surface area contributed by atoms with Gasteiger partial charge in [0.15, 0.2) is 14.6 Å². The predicted octanol–water partition coefficient (Wildman–Crippen LogP) is 13.6. The molecule has 0 aromatic carbocycles. The fourth-order valence-electron chi connectivity index (χ4n) is 8.97. The molecular weight excluding hydrogens is 701 g/mol. The van der Waals surface area contributed by atoms with Crippen LogP contribution in [0.4, 0.5) is 0 Å². The van der Waals surface area contributed by atoms with Crippen LogP contribution in [0.1, 0.15) is 198 Å². The Morgan fingerprint density at radius 1 is 0.673 bits per heavy atom. The van der Waals surface area contributed by atoms with Crippen LogP contribution >= 0.6 is 0 Å². The van der Waals surface area contributed by atoms with E-state index in [2.05, 4.69) is 80.6 Å². The Labute approximate surface area is 341 Å². The van der Waals surface area contributed by atoms with Crippen LogP contribution in [0.2, 0.25) is 18.1 Å². The number of rotatable bonds is 30. The van der Waals surface area contributed by atoms with Gasteiger partial charge in [-0.15, -0.1) is 0 Å². The van der Waals surface area contributed by atoms with Crippen molar-refractivity contribution in [1.82, 2.24) is 0 Å². The van der Waals surface area contributed by atoms with Crippen molar-refractivity contribution in [2.75, 3.05) is 6.61 Å². The van der Waals surface area contributed by atoms with E-state index in [0.29, 0.717) is 43.4 Å². The minimum Gasteiger partial charge on any atom is -0.414 e. The second-order valence-electron chi connectivity index (χ2n) is 19.4. The molecule has 0 amide bonds. The summed E-state index contributed by atoms with van der Waals surface area (Å²) in [6.45, 7) is 27.3. The lowest BCUT2D eigenvalue weighted by Gasteiger charge is -2.40. The van der Waals surface area contributed by atoms with E-state index in [1.165, 1.54) is 70.6 Å². The van der Waals surface area contributed by atoms with Crippen LogP contribution in [0.15, 0.2) is 12.2 Å². The number of ether oxygens (including phenoxy) is 3. The third-order valence-corrected chi connectivity index (χ3v) is 17.8. The molecule has 0 aliphatic heterocycles. The Hall–Kier alpha value is -0.863. The van der Waals surface area contributed by atoms with Gasteiger partial charge in [-0.05, 0) is 102 Å². The molecule has 2 aliphatic carbocycles. The number of unbranched alkanes of at least 4 members (excludes halogenated alkanes) is 8. The minimum atomic E-state index is -1.96. The molecule has 1 unspecified atom stereocenters. The molecule has 0 aromatic heterocycles. The van der Waals surface area contributed by atoms with Crippen molar-refractivity contribution in [3.05, 3.63) is 12.2 Å². The molecule has 0 heterocycles. The average molecular weight is 791 g/mol. The summed E-state index contributed by atoms with van der Waals surface area (Å²) in [4.78, 5) is 27.2. The van der Waals surface area contributed by atoms with Gasteiger partial charge < -0.3 is 18.6 Å². The lowest BCUT2D eigenvalue weighted by Crippen LogP contribution is -2.44. The normalized spacial score (nSPS) is 25.5. The molecule has 2 fully saturated rings. The maximum Gasteiger partial charge on any atom is 0.192 e. The summed E-state index contributed by atoms with van der Waals surface area (Å²) in [7, 11) is -1.96. The Balaban J connectivity index is 2.17. The number of hydrogen-bond acceptors (Lipinski definition) is 6. The maximum atomic E-state index is 13.7. The van der Waals surface area contributed by atoms with Gasteiger partial charge in [0.1, 0.15) is 11.6 Å². The molecule has 0 saturated heterocycles. The summed E-state index contributed by atoms with van der Waals surface area (Å²) in [5.74, 6) is 1.63. The Kier molecular flexibility index (Phi) is 24.0. The quantitative estimate of drug-likeness (QED) is 0.0312. The van der Waals surface area contributed by atoms with Crippen molar-refractivity contribution >= 4 is 19.9 Å². The van der Waals surface area contributed by atoms with Crippen molar-refractivity contribution < 1.29 is 28.2 Å². The van der Waals surface area contributed by atoms with Crippen LogP contribution in [0.5, 0.6) is 0 Å². The first kappa shape index (κ1) is 50.3. The van der Waals surface area contributed by atoms with Crippen LogP contribution in [0, 0.1) is 29.6 Å². The summed E-state index contributed by atoms with van der Waals surface area (Å²) >= 11 is 0. The van der Waals surface area contributed by atoms with Crippen LogP contribution in [0.25, 0.3) is 0 Å². The SMILES string of the molecule is CCCCCCC[C@H](C)CC[C@H]1[C@H](OC(C)C)CC(=O)[C@@H]1C/C=C/C[C@H]1C(=O)C[C@@H](OC(C)OCC)[C@@H]1CC[C@H](CCCCCCC)O[Si](C)(C)C(C)(C)C. The molecule has 0 N–H and O–H groups in total. The lowest BCUT2D eigenvalue weighted by atomic mass is 9.83. The Morgan fingerprint density at radius 2 is 1.16 bits per heavy atom. The van der Waals surface area contributed by atoms with E-state index in [9.17, 15) is 9.59 Å². The van der Waals surface area contributed by atoms with Crippen molar-refractivity contribution in [3.63, 3.8) is 0 Å². The number of carbonyl (C=O) groups is 2. The molecule has 6 nitrogen and oxygen atoms in total. The van der Waals surface area contributed by atoms with Gasteiger partial charge in [0, 0.05) is 37.4 Å². The van der Waals surface area contributed by atoms with Gasteiger partial charge in [-0.2, -0.15) is 0 Å². The van der Waals surface area contributed by atoms with Crippen LogP contribution in [-0.2, 0) is 28.2 Å². The highest BCUT2D eigenvalue weighted by Crippen LogP contribution is 2.42. The fourth-order valence-corrected chi connectivity index (χ4v) is 10.4. The molecule has 322 valence electrons. The van der Waals surface area contributed by atoms with E-state index in [0.717, 1.165) is 38.5 Å². The average Bonchev–Trinajstić information content (AvgIpc) is 3.55. The molecule has 0 aromatic rings. The molecule has 2 rings (SSSR count). The number of ketones is 2. The van der Waals surface area contributed by atoms with E-state index < -0.39 is 8.32 Å². The van der Waals surface area contributed by atoms with Gasteiger partial charge in [-0.1, -0.05) is 131 Å². The second kappa shape index (κ2) is 26.3. The Bertz CT molecular complexity index is 1080. The molecule has 0 spiro atoms. The largest absolute Gasteiger partial charge is 0.414 e. The minimum absolute atomic E-state index is 0.000486. The molecular formula is C48H90O6Si. The molecule has 0 radical (unpaired) electrons. The fraction of sp³-hybridized carbons (Fsp3) is 0.917. The molecule has 0 bridgehead atoms. The summed E-state index contributed by atoms with van der Waals surface area (Å²) < 4.78 is 25.7. The van der Waals surface area contributed by atoms with E-state index in [4.69, 9.17) is 18.6 Å². The summed E-state index contributed by atoms with van der Waals surface area (Å²) in [5, 5.41) is 0.148. The zero-order chi connectivity index (χ0) is 41.0. The van der Waals surface area contributed by atoms with Gasteiger partial charge in [0.2, 0.25) is 0 Å². The van der Waals surface area contributed by atoms with Crippen molar-refractivity contribution in [3.8, 4) is 0 Å². The Morgan fingerprint density at radius 3 is 1.65 bits per heavy atom. The standard InChI is InChI=1S/C48H90O6Si/c1-13-16-18-20-22-26-37(6)30-32-42-40(44(49)34-46(42)52-36(4)5)28-24-25-29-41-43(47(35-45(41)50)53-38(7)51-15-3)33-31-39(27-23-21-19-17-14-2)54-55(11,12)48(8,9)10/h24-25,36-43,46-47H,13-23,26-35H2,1-12H3/b25-24+/t37-,38?,39-,40+,41+,42+,43+,46+,47+/m0/s1. The van der Waals surface area contributed by atoms with Crippen LogP contribution in [0.3, 0.4) is 0 Å². The highest BCUT2D eigenvalue weighted by Gasteiger charge is 2.45. The van der Waals surface area contributed by atoms with Crippen LogP contribution < -0.4 is 0 Å². The molecule has 55 heavy (non-hydrogen) atoms. The topological polar surface area (TPSA) is 71.1 Å². The highest BCUT2D eigenvalue weighted by molar-refractivity contribution is 6.74. The molecule has 2 aliphatic rings. The van der Waals surface area contributed by atoms with E-state index in [-0.39, 0.29) is 59.4 Å². The lowest BCUT2D eigenvalue weighted by molar-refractivity contribution is -0.167. The summed E-state index contributed by atoms with van der Waals surface area (Å²) in [6, 6.07) is 0. The number of Topliss-reactive ketones (excluding diaryl/α,β-unsaturated/α-hetero) is 2. The summed E-state index contributed by atoms with van der Waals surface area (Å²) in [5.41, 5.74) is 0. The smallest absolute Gasteiger partial charge is 0.192 e. The van der Waals surface area contributed by atoms with Crippen molar-refractivity contribution in [2.45, 2.75) is 246 Å². The van der Waals surface area contributed by atoms with E-state index >= 15 is 0 Å². The molecule has 7 heteroatoms. The summed E-state index contributed by atoms with van der Waals surface area (Å²) in [6.07, 6.45) is 26.0. The zero-order valence-corrected chi connectivity index (χ0v) is 39.2. The van der Waals surface area contributed by atoms with Crippen LogP contribution in [-0.4, -0.2) is 57.2 Å². The molecule has 9 atom stereocenters. The third kappa shape index (κ3) is 18.3. The van der Waals surface area contributed by atoms with E-state index in [1.54, 1.807) is 0 Å². The maximum absolute atomic E-state index is 13.7. The first-order valence-electron chi connectivity index (χ1n) is 23.3. The van der Waals surface area contributed by atoms with Gasteiger partial charge in [0.05, 0.1) is 18.3 Å². The monoisotopic (exact) mass is 791 g/mol.